The summed E-state index contributed by atoms with van der Waals surface area (Å²) in [5.41, 5.74) is 6.93. The highest BCUT2D eigenvalue weighted by Gasteiger charge is 2.36. The molecule has 28 heteroatoms. The molecule has 0 bridgehead atoms. The van der Waals surface area contributed by atoms with Crippen LogP contribution in [0.3, 0.4) is 0 Å². The Morgan fingerprint density at radius 2 is 0.484 bits per heavy atom. The normalized spacial score (nSPS) is 14.5. The minimum absolute atomic E-state index is 0. The van der Waals surface area contributed by atoms with Gasteiger partial charge in [0.15, 0.2) is 0 Å². The topological polar surface area (TPSA) is 259 Å². The van der Waals surface area contributed by atoms with Crippen molar-refractivity contribution in [2.24, 2.45) is 0 Å². The summed E-state index contributed by atoms with van der Waals surface area (Å²) in [5.74, 6) is 0. The van der Waals surface area contributed by atoms with E-state index in [1.807, 2.05) is 177 Å². The van der Waals surface area contributed by atoms with E-state index in [0.717, 1.165) is 63.1 Å². The molecule has 0 aliphatic rings. The highest BCUT2D eigenvalue weighted by molar-refractivity contribution is 7.95. The lowest BCUT2D eigenvalue weighted by atomic mass is 10.2. The lowest BCUT2D eigenvalue weighted by Crippen LogP contribution is -2.28. The minimum Gasteiger partial charge on any atom is -0.268 e. The lowest BCUT2D eigenvalue weighted by molar-refractivity contribution is 0.464. The zero-order valence-corrected chi connectivity index (χ0v) is 56.9. The fraction of sp³-hybridized carbons (Fsp3) is 0.365. The van der Waals surface area contributed by atoms with Gasteiger partial charge >= 0.3 is 0 Å². The number of thiazole rings is 4. The number of benzene rings is 4. The van der Waals surface area contributed by atoms with Crippen LogP contribution in [-0.4, -0.2) is 114 Å². The number of nitrogens with zero attached hydrogens (tertiary/aromatic N) is 12. The molecular formula is C63H80N12O8S8. The van der Waals surface area contributed by atoms with Crippen molar-refractivity contribution >= 4 is 126 Å². The second kappa shape index (κ2) is 29.8. The number of sulfone groups is 4. The van der Waals surface area contributed by atoms with Crippen molar-refractivity contribution < 1.29 is 33.7 Å². The predicted octanol–water partition coefficient (Wildman–Crippen LogP) is 14.8. The van der Waals surface area contributed by atoms with Gasteiger partial charge in [0.2, 0.25) is 56.7 Å². The molecule has 0 saturated heterocycles. The summed E-state index contributed by atoms with van der Waals surface area (Å²) in [4.78, 5) is 17.2. The quantitative estimate of drug-likeness (QED) is 0.0870. The maximum atomic E-state index is 12.8. The molecule has 12 aromatic rings. The largest absolute Gasteiger partial charge is 0.268 e. The molecule has 0 aliphatic heterocycles. The Kier molecular flexibility index (Phi) is 23.9. The van der Waals surface area contributed by atoms with Crippen molar-refractivity contribution in [3.05, 3.63) is 169 Å². The summed E-state index contributed by atoms with van der Waals surface area (Å²) in [6.07, 6.45) is 14.3. The molecule has 8 atom stereocenters. The fourth-order valence-corrected chi connectivity index (χ4v) is 21.3. The first-order chi connectivity index (χ1) is 41.6. The molecule has 0 radical (unpaired) electrons. The van der Waals surface area contributed by atoms with Gasteiger partial charge in [-0.05, 0) is 154 Å². The zero-order chi connectivity index (χ0) is 63.6. The smallest absolute Gasteiger partial charge is 0.210 e. The van der Waals surface area contributed by atoms with Crippen molar-refractivity contribution in [1.29, 1.82) is 0 Å². The number of hydrogen-bond donors (Lipinski definition) is 0. The van der Waals surface area contributed by atoms with Gasteiger partial charge in [-0.15, -0.1) is 45.3 Å². The molecule has 0 spiro atoms. The Labute approximate surface area is 550 Å². The number of fused-ring (bicyclic) bond motifs is 4. The van der Waals surface area contributed by atoms with Crippen molar-refractivity contribution in [2.75, 3.05) is 0 Å². The van der Waals surface area contributed by atoms with E-state index in [1.165, 1.54) is 45.3 Å². The molecule has 0 saturated carbocycles. The van der Waals surface area contributed by atoms with Crippen molar-refractivity contribution in [3.63, 3.8) is 0 Å². The molecule has 0 unspecified atom stereocenters. The Morgan fingerprint density at radius 1 is 0.308 bits per heavy atom. The van der Waals surface area contributed by atoms with Crippen molar-refractivity contribution in [2.45, 2.75) is 168 Å². The summed E-state index contributed by atoms with van der Waals surface area (Å²) in [5, 5.41) is 14.5. The van der Waals surface area contributed by atoms with Gasteiger partial charge in [0.25, 0.3) is 0 Å². The van der Waals surface area contributed by atoms with Gasteiger partial charge in [0.05, 0.1) is 111 Å². The maximum Gasteiger partial charge on any atom is 0.210 e. The van der Waals surface area contributed by atoms with E-state index >= 15 is 0 Å². The van der Waals surface area contributed by atoms with E-state index in [0.29, 0.717) is 0 Å². The van der Waals surface area contributed by atoms with E-state index in [1.54, 1.807) is 71.2 Å². The van der Waals surface area contributed by atoms with Gasteiger partial charge in [-0.1, -0.05) is 70.8 Å². The third-order valence-corrected chi connectivity index (χ3v) is 30.3. The molecule has 91 heavy (non-hydrogen) atoms. The second-order valence-corrected chi connectivity index (χ2v) is 35.8. The van der Waals surface area contributed by atoms with Crippen LogP contribution in [-0.2, 0) is 39.3 Å². The first-order valence-corrected chi connectivity index (χ1v) is 37.4. The molecule has 0 amide bonds. The molecule has 12 rings (SSSR count). The molecule has 0 fully saturated rings. The van der Waals surface area contributed by atoms with E-state index in [4.69, 9.17) is 0 Å². The van der Waals surface area contributed by atoms with Crippen LogP contribution in [0.2, 0.25) is 0 Å². The number of rotatable bonds is 16. The SMILES string of the molecule is C.C.C.Cc1cnn([C@@H](C)[C@@H](C)S(=O)(=O)c2nc3ccccc3s2)c1.Cc1cnn([C@@H](C)[C@H](C)S(=O)(=O)c2nc3ccccc3s2)c1.Cc1cnn([C@H](C)[C@@H](C)S(=O)(=O)c2nc3ccccc3s2)c1.Cc1cnn([C@H](C)[C@H](C)S(=O)(=O)c2nc3ccccc3s2)c1. The monoisotopic (exact) mass is 1390 g/mol. The highest BCUT2D eigenvalue weighted by atomic mass is 32.3. The van der Waals surface area contributed by atoms with E-state index in [2.05, 4.69) is 40.3 Å². The average molecular weight is 1390 g/mol. The fourth-order valence-electron chi connectivity index (χ4n) is 9.05. The molecule has 8 aromatic heterocycles. The number of hydrogen-bond acceptors (Lipinski definition) is 20. The summed E-state index contributed by atoms with van der Waals surface area (Å²) in [7, 11) is -14.0. The number of aryl methyl sites for hydroxylation is 4. The average Bonchev–Trinajstić information content (AvgIpc) is 2.29. The van der Waals surface area contributed by atoms with E-state index in [9.17, 15) is 33.7 Å². The van der Waals surface area contributed by atoms with Gasteiger partial charge < -0.3 is 0 Å². The van der Waals surface area contributed by atoms with Crippen LogP contribution in [0.1, 0.15) is 124 Å². The Bertz CT molecular complexity index is 4130. The maximum absolute atomic E-state index is 12.8. The van der Waals surface area contributed by atoms with Crippen molar-refractivity contribution in [3.8, 4) is 0 Å². The summed E-state index contributed by atoms with van der Waals surface area (Å²) >= 11 is 4.89. The first-order valence-electron chi connectivity index (χ1n) is 28.0. The van der Waals surface area contributed by atoms with Gasteiger partial charge in [-0.2, -0.15) is 20.4 Å². The lowest BCUT2D eigenvalue weighted by Gasteiger charge is -2.19. The van der Waals surface area contributed by atoms with Gasteiger partial charge in [0, 0.05) is 24.8 Å². The third kappa shape index (κ3) is 15.9. The van der Waals surface area contributed by atoms with Crippen molar-refractivity contribution in [1.82, 2.24) is 59.1 Å². The van der Waals surface area contributed by atoms with Crippen LogP contribution in [0.25, 0.3) is 40.9 Å². The van der Waals surface area contributed by atoms with Crippen LogP contribution < -0.4 is 0 Å². The Morgan fingerprint density at radius 3 is 0.637 bits per heavy atom. The molecule has 488 valence electrons. The van der Waals surface area contributed by atoms with Crippen LogP contribution in [0, 0.1) is 27.7 Å². The van der Waals surface area contributed by atoms with E-state index in [-0.39, 0.29) is 63.8 Å². The molecule has 8 heterocycles. The van der Waals surface area contributed by atoms with Gasteiger partial charge in [-0.25, -0.2) is 53.6 Å². The number of para-hydroxylation sites is 4. The summed E-state index contributed by atoms with van der Waals surface area (Å²) < 4.78 is 114. The summed E-state index contributed by atoms with van der Waals surface area (Å²) in [6, 6.07) is 28.8. The zero-order valence-electron chi connectivity index (χ0n) is 50.4. The molecule has 20 nitrogen and oxygen atoms in total. The van der Waals surface area contributed by atoms with Gasteiger partial charge in [-0.3, -0.25) is 18.7 Å². The van der Waals surface area contributed by atoms with E-state index < -0.39 is 60.3 Å². The molecule has 0 aliphatic carbocycles. The number of aromatic nitrogens is 12. The highest BCUT2D eigenvalue weighted by Crippen LogP contribution is 2.35. The van der Waals surface area contributed by atoms with Crippen LogP contribution in [0.5, 0.6) is 0 Å². The summed E-state index contributed by atoms with van der Waals surface area (Å²) in [6.45, 7) is 22.0. The van der Waals surface area contributed by atoms with Crippen LogP contribution in [0.4, 0.5) is 0 Å². The molecule has 4 aromatic carbocycles. The second-order valence-electron chi connectivity index (χ2n) is 21.7. The first kappa shape index (κ1) is 73.1. The van der Waals surface area contributed by atoms with Crippen LogP contribution >= 0.6 is 45.3 Å². The standard InChI is InChI=1S/4C15H17N3O2S2.3CH4/c4*1-10-8-16-18(9-10)11(2)12(3)22(19,20)15-17-13-6-4-5-7-14(13)21-15;;;/h4*4-9,11-12H,1-3H3;3*1H4/t2*11-,12+;2*11-,12-;;;/m1010.../s1. The molecular weight excluding hydrogens is 1310 g/mol. The predicted molar refractivity (Wildman–Crippen MR) is 372 cm³/mol. The van der Waals surface area contributed by atoms with Gasteiger partial charge in [0.1, 0.15) is 0 Å². The minimum atomic E-state index is -3.49. The Hall–Kier alpha value is -6.92. The third-order valence-electron chi connectivity index (χ3n) is 15.3. The Balaban J connectivity index is 0.000000191. The van der Waals surface area contributed by atoms with Crippen LogP contribution in [0.15, 0.2) is 164 Å². The molecule has 0 N–H and O–H groups in total.